The van der Waals surface area contributed by atoms with Crippen LogP contribution in [0, 0.1) is 0 Å². The summed E-state index contributed by atoms with van der Waals surface area (Å²) in [5, 5.41) is 9.03. The van der Waals surface area contributed by atoms with E-state index in [9.17, 15) is 4.79 Å². The highest BCUT2D eigenvalue weighted by molar-refractivity contribution is 6.05. The van der Waals surface area contributed by atoms with E-state index in [1.54, 1.807) is 13.2 Å². The van der Waals surface area contributed by atoms with Gasteiger partial charge in [0.05, 0.1) is 29.3 Å². The first kappa shape index (κ1) is 23.7. The van der Waals surface area contributed by atoms with E-state index in [1.807, 2.05) is 30.3 Å². The summed E-state index contributed by atoms with van der Waals surface area (Å²) in [5.41, 5.74) is 4.39. The molecule has 5 aromatic rings. The van der Waals surface area contributed by atoms with Crippen molar-refractivity contribution in [2.45, 2.75) is 24.4 Å². The van der Waals surface area contributed by atoms with Crippen molar-refractivity contribution in [2.75, 3.05) is 7.11 Å². The van der Waals surface area contributed by atoms with Crippen LogP contribution in [0.1, 0.15) is 45.6 Å². The van der Waals surface area contributed by atoms with Crippen LogP contribution in [-0.2, 0) is 5.54 Å². The summed E-state index contributed by atoms with van der Waals surface area (Å²) in [6.45, 7) is 4.07. The first-order valence-electron chi connectivity index (χ1n) is 12.9. The summed E-state index contributed by atoms with van der Waals surface area (Å²) in [4.78, 5) is 13.1. The molecular weight excluding hydrogens is 470 g/mol. The van der Waals surface area contributed by atoms with Crippen molar-refractivity contribution in [1.29, 1.82) is 0 Å². The van der Waals surface area contributed by atoms with Gasteiger partial charge in [-0.1, -0.05) is 97.6 Å². The van der Waals surface area contributed by atoms with Crippen molar-refractivity contribution < 1.29 is 9.53 Å². The average molecular weight is 500 g/mol. The quantitative estimate of drug-likeness (QED) is 0.251. The van der Waals surface area contributed by atoms with Crippen molar-refractivity contribution in [3.8, 4) is 5.75 Å². The molecular formula is C33H29N3O2. The highest BCUT2D eigenvalue weighted by atomic mass is 16.5. The molecule has 1 aromatic heterocycles. The maximum absolute atomic E-state index is 13.1. The summed E-state index contributed by atoms with van der Waals surface area (Å²) in [7, 11) is 1.60. The standard InChI is InChI=1S/C33H29N3O2/c1-3-28-30-29(22-21-27(31(30)38-2)32(37)34-26-19-20-26)36(35-28)33(23-13-7-4-8-14-23,24-15-9-5-10-16-24)25-17-11-6-12-18-25/h3-18,21-22,26H,1,19-20H2,2H3,(H,34,37). The SMILES string of the molecule is C=Cc1nn(C(c2ccccc2)(c2ccccc2)c2ccccc2)c2ccc(C(=O)NC3CC3)c(OC)c12. The van der Waals surface area contributed by atoms with Crippen molar-refractivity contribution in [2.24, 2.45) is 0 Å². The van der Waals surface area contributed by atoms with Gasteiger partial charge in [-0.2, -0.15) is 5.10 Å². The number of fused-ring (bicyclic) bond motifs is 1. The largest absolute Gasteiger partial charge is 0.495 e. The van der Waals surface area contributed by atoms with Crippen LogP contribution < -0.4 is 10.1 Å². The smallest absolute Gasteiger partial charge is 0.255 e. The third-order valence-corrected chi connectivity index (χ3v) is 7.27. The van der Waals surface area contributed by atoms with Gasteiger partial charge in [-0.05, 0) is 47.7 Å². The normalized spacial score (nSPS) is 13.3. The van der Waals surface area contributed by atoms with E-state index in [4.69, 9.17) is 9.84 Å². The van der Waals surface area contributed by atoms with Gasteiger partial charge in [-0.3, -0.25) is 4.79 Å². The molecule has 1 N–H and O–H groups in total. The van der Waals surface area contributed by atoms with Crippen LogP contribution in [0.25, 0.3) is 17.0 Å². The van der Waals surface area contributed by atoms with E-state index in [-0.39, 0.29) is 11.9 Å². The van der Waals surface area contributed by atoms with Gasteiger partial charge in [-0.15, -0.1) is 0 Å². The molecule has 1 aliphatic carbocycles. The second kappa shape index (κ2) is 9.67. The van der Waals surface area contributed by atoms with Crippen LogP contribution in [0.15, 0.2) is 110 Å². The lowest BCUT2D eigenvalue weighted by atomic mass is 9.77. The number of methoxy groups -OCH3 is 1. The Labute approximate surface area is 222 Å². The average Bonchev–Trinajstić information content (AvgIpc) is 3.72. The van der Waals surface area contributed by atoms with Crippen LogP contribution in [0.2, 0.25) is 0 Å². The second-order valence-corrected chi connectivity index (χ2v) is 9.60. The monoisotopic (exact) mass is 499 g/mol. The highest BCUT2D eigenvalue weighted by Crippen LogP contribution is 2.44. The molecule has 4 aromatic carbocycles. The number of nitrogens with one attached hydrogen (secondary N) is 1. The van der Waals surface area contributed by atoms with Gasteiger partial charge in [0.1, 0.15) is 11.3 Å². The van der Waals surface area contributed by atoms with E-state index in [0.717, 1.165) is 40.4 Å². The molecule has 0 unspecified atom stereocenters. The van der Waals surface area contributed by atoms with Gasteiger partial charge in [0.15, 0.2) is 0 Å². The molecule has 5 heteroatoms. The Bertz CT molecular complexity index is 1510. The summed E-state index contributed by atoms with van der Waals surface area (Å²) in [5.74, 6) is 0.374. The second-order valence-electron chi connectivity index (χ2n) is 9.60. The predicted molar refractivity (Wildman–Crippen MR) is 151 cm³/mol. The number of carbonyl (C=O) groups excluding carboxylic acids is 1. The van der Waals surface area contributed by atoms with Gasteiger partial charge >= 0.3 is 0 Å². The fraction of sp³-hybridized carbons (Fsp3) is 0.152. The molecule has 1 saturated carbocycles. The van der Waals surface area contributed by atoms with Gasteiger partial charge in [-0.25, -0.2) is 4.68 Å². The number of hydrogen-bond acceptors (Lipinski definition) is 3. The summed E-state index contributed by atoms with van der Waals surface area (Å²) in [6.07, 6.45) is 3.76. The highest BCUT2D eigenvalue weighted by Gasteiger charge is 2.41. The minimum Gasteiger partial charge on any atom is -0.495 e. The third-order valence-electron chi connectivity index (χ3n) is 7.27. The number of rotatable bonds is 8. The number of carbonyl (C=O) groups is 1. The minimum atomic E-state index is -0.800. The Morgan fingerprint density at radius 2 is 1.42 bits per heavy atom. The Morgan fingerprint density at radius 1 is 0.895 bits per heavy atom. The first-order valence-corrected chi connectivity index (χ1v) is 12.9. The van der Waals surface area contributed by atoms with Crippen LogP contribution in [0.4, 0.5) is 0 Å². The van der Waals surface area contributed by atoms with Crippen LogP contribution in [0.3, 0.4) is 0 Å². The summed E-state index contributed by atoms with van der Waals surface area (Å²) in [6, 6.07) is 35.3. The molecule has 1 aliphatic rings. The maximum Gasteiger partial charge on any atom is 0.255 e. The molecule has 6 rings (SSSR count). The van der Waals surface area contributed by atoms with E-state index in [0.29, 0.717) is 17.0 Å². The molecule has 38 heavy (non-hydrogen) atoms. The maximum atomic E-state index is 13.1. The third kappa shape index (κ3) is 3.79. The van der Waals surface area contributed by atoms with E-state index < -0.39 is 5.54 Å². The van der Waals surface area contributed by atoms with Crippen molar-refractivity contribution in [3.63, 3.8) is 0 Å². The Kier molecular flexibility index (Phi) is 6.04. The molecule has 1 heterocycles. The minimum absolute atomic E-state index is 0.130. The molecule has 5 nitrogen and oxygen atoms in total. The fourth-order valence-corrected chi connectivity index (χ4v) is 5.39. The molecule has 0 radical (unpaired) electrons. The number of nitrogens with zero attached hydrogens (tertiary/aromatic N) is 2. The fourth-order valence-electron chi connectivity index (χ4n) is 5.39. The number of aromatic nitrogens is 2. The lowest BCUT2D eigenvalue weighted by molar-refractivity contribution is 0.0948. The van der Waals surface area contributed by atoms with Crippen LogP contribution in [0.5, 0.6) is 5.75 Å². The van der Waals surface area contributed by atoms with Gasteiger partial charge < -0.3 is 10.1 Å². The Hall–Kier alpha value is -4.64. The molecule has 1 fully saturated rings. The number of hydrogen-bond donors (Lipinski definition) is 1. The van der Waals surface area contributed by atoms with Gasteiger partial charge in [0.2, 0.25) is 0 Å². The first-order chi connectivity index (χ1) is 18.7. The molecule has 1 amide bonds. The van der Waals surface area contributed by atoms with Crippen LogP contribution in [-0.4, -0.2) is 28.8 Å². The zero-order valence-corrected chi connectivity index (χ0v) is 21.3. The zero-order valence-electron chi connectivity index (χ0n) is 21.3. The number of ether oxygens (including phenoxy) is 1. The summed E-state index contributed by atoms with van der Waals surface area (Å²) >= 11 is 0. The molecule has 0 bridgehead atoms. The molecule has 188 valence electrons. The molecule has 0 spiro atoms. The summed E-state index contributed by atoms with van der Waals surface area (Å²) < 4.78 is 7.97. The lowest BCUT2D eigenvalue weighted by Crippen LogP contribution is -2.38. The van der Waals surface area contributed by atoms with E-state index >= 15 is 0 Å². The zero-order chi connectivity index (χ0) is 26.1. The van der Waals surface area contributed by atoms with E-state index in [1.165, 1.54) is 0 Å². The van der Waals surface area contributed by atoms with Crippen molar-refractivity contribution in [3.05, 3.63) is 138 Å². The van der Waals surface area contributed by atoms with Gasteiger partial charge in [0.25, 0.3) is 5.91 Å². The van der Waals surface area contributed by atoms with Gasteiger partial charge in [0, 0.05) is 6.04 Å². The predicted octanol–water partition coefficient (Wildman–Crippen LogP) is 6.42. The molecule has 0 saturated heterocycles. The molecule has 0 atom stereocenters. The van der Waals surface area contributed by atoms with E-state index in [2.05, 4.69) is 89.4 Å². The van der Waals surface area contributed by atoms with Crippen molar-refractivity contribution in [1.82, 2.24) is 15.1 Å². The Morgan fingerprint density at radius 3 is 1.87 bits per heavy atom. The number of benzene rings is 4. The number of amides is 1. The van der Waals surface area contributed by atoms with Crippen LogP contribution >= 0.6 is 0 Å². The lowest BCUT2D eigenvalue weighted by Gasteiger charge is -2.37. The Balaban J connectivity index is 1.72. The van der Waals surface area contributed by atoms with Crippen molar-refractivity contribution >= 4 is 22.9 Å². The topological polar surface area (TPSA) is 56.2 Å². The molecule has 0 aliphatic heterocycles.